The van der Waals surface area contributed by atoms with Gasteiger partial charge in [0.05, 0.1) is 76.1 Å². The van der Waals surface area contributed by atoms with E-state index in [1.54, 1.807) is 36.4 Å². The number of carbonyl (C=O) groups is 7. The van der Waals surface area contributed by atoms with Crippen LogP contribution in [0.1, 0.15) is 131 Å². The number of carbonyl (C=O) groups excluding carboxylic acids is 7. The van der Waals surface area contributed by atoms with E-state index in [1.807, 2.05) is 119 Å². The standard InChI is InChI=1S/C85H93N9O22S/c1-50(95)107-45-76-77(110-51(2)96)78(111-52(3)97)79(112-53(4)98)83(114-76)113-70-26-23-60(80(99)89-46-84(5,6)48-106-49-85(7,8)47-90-91-86)32-75(70)116-117(102,103)115-65-24-21-54(22-25-65)41-94(9,10)42-55-27-56(43-108-73-35-68-66(33-71(73)104-11)81(100)92-39-61-19-15-13-17-58(61)30-63(92)37-87-68)29-57(28-55)44-109-74-36-69-67(34-72(74)105-12)82(101)93-40-62-20-16-14-18-59(62)31-64(93)38-88-69/h13-29,32-38,63-64,76-79,83H,30-31,39-49H2,1-12H3/p+1/t63?,64?,76-,77+,78+,79-,83-/m1/s1. The first-order valence-electron chi connectivity index (χ1n) is 37.9. The van der Waals surface area contributed by atoms with E-state index in [9.17, 15) is 42.0 Å². The molecule has 0 bridgehead atoms. The highest BCUT2D eigenvalue weighted by Crippen LogP contribution is 2.43. The summed E-state index contributed by atoms with van der Waals surface area (Å²) in [5.41, 5.74) is 16.8. The Labute approximate surface area is 677 Å². The van der Waals surface area contributed by atoms with Gasteiger partial charge in [0.15, 0.2) is 46.7 Å². The molecule has 5 aliphatic heterocycles. The number of nitrogens with one attached hydrogen (secondary N) is 1. The van der Waals surface area contributed by atoms with Gasteiger partial charge in [-0.15, -0.1) is 8.42 Å². The molecule has 0 aromatic heterocycles. The van der Waals surface area contributed by atoms with Gasteiger partial charge in [-0.2, -0.15) is 0 Å². The van der Waals surface area contributed by atoms with E-state index in [-0.39, 0.29) is 74.7 Å². The number of fused-ring (bicyclic) bond motifs is 6. The molecule has 2 unspecified atom stereocenters. The molecule has 12 rings (SSSR count). The Balaban J connectivity index is 0.793. The second-order valence-electron chi connectivity index (χ2n) is 31.5. The van der Waals surface area contributed by atoms with Gasteiger partial charge in [-0.1, -0.05) is 81.3 Å². The molecule has 5 aliphatic rings. The number of aliphatic imine (C=N–C) groups is 2. The van der Waals surface area contributed by atoms with Crippen LogP contribution in [0.3, 0.4) is 0 Å². The van der Waals surface area contributed by atoms with Crippen LogP contribution in [0.25, 0.3) is 10.4 Å². The number of rotatable bonds is 32. The van der Waals surface area contributed by atoms with E-state index in [2.05, 4.69) is 27.5 Å². The molecule has 1 N–H and O–H groups in total. The minimum absolute atomic E-state index is 0.0371. The topological polar surface area (TPSA) is 366 Å². The number of amides is 3. The van der Waals surface area contributed by atoms with Gasteiger partial charge in [-0.05, 0) is 130 Å². The van der Waals surface area contributed by atoms with Gasteiger partial charge in [0.2, 0.25) is 12.4 Å². The summed E-state index contributed by atoms with van der Waals surface area (Å²) >= 11 is 0. The summed E-state index contributed by atoms with van der Waals surface area (Å²) in [5, 5.41) is 6.50. The zero-order valence-electron chi connectivity index (χ0n) is 67.1. The third kappa shape index (κ3) is 21.3. The van der Waals surface area contributed by atoms with Crippen LogP contribution < -0.4 is 37.4 Å². The first-order valence-corrected chi connectivity index (χ1v) is 39.2. The molecule has 0 radical (unpaired) electrons. The van der Waals surface area contributed by atoms with Crippen LogP contribution >= 0.6 is 0 Å². The van der Waals surface area contributed by atoms with Gasteiger partial charge in [-0.3, -0.25) is 43.5 Å². The monoisotopic (exact) mass is 1620 g/mol. The predicted octanol–water partition coefficient (Wildman–Crippen LogP) is 11.5. The Bertz CT molecular complexity index is 5020. The normalized spacial score (nSPS) is 18.7. The molecule has 1 saturated heterocycles. The van der Waals surface area contributed by atoms with E-state index in [4.69, 9.17) is 76.0 Å². The highest BCUT2D eigenvalue weighted by Gasteiger charge is 2.54. The zero-order chi connectivity index (χ0) is 83.7. The van der Waals surface area contributed by atoms with Crippen molar-refractivity contribution in [3.05, 3.63) is 205 Å². The molecule has 3 amide bonds. The summed E-state index contributed by atoms with van der Waals surface area (Å²) in [6.45, 7) is 13.4. The number of azide groups is 1. The minimum atomic E-state index is -5.21. The number of esters is 4. The van der Waals surface area contributed by atoms with E-state index in [0.29, 0.717) is 89.0 Å². The smallest absolute Gasteiger partial charge is 0.493 e. The quantitative estimate of drug-likeness (QED) is 0.0102. The van der Waals surface area contributed by atoms with Crippen molar-refractivity contribution >= 4 is 75.8 Å². The van der Waals surface area contributed by atoms with Crippen molar-refractivity contribution in [2.45, 2.75) is 150 Å². The molecule has 616 valence electrons. The molecule has 1 fully saturated rings. The summed E-state index contributed by atoms with van der Waals surface area (Å²) in [6.07, 6.45) is -3.48. The maximum atomic E-state index is 14.4. The molecule has 5 heterocycles. The van der Waals surface area contributed by atoms with Gasteiger partial charge in [0.1, 0.15) is 44.8 Å². The van der Waals surface area contributed by atoms with E-state index in [1.165, 1.54) is 32.4 Å². The Morgan fingerprint density at radius 1 is 0.590 bits per heavy atom. The van der Waals surface area contributed by atoms with Crippen molar-refractivity contribution in [1.82, 2.24) is 15.1 Å². The molecule has 0 saturated carbocycles. The maximum absolute atomic E-state index is 14.4. The molecular weight excluding hydrogens is 1530 g/mol. The van der Waals surface area contributed by atoms with Gasteiger partial charge < -0.3 is 80.1 Å². The molecule has 7 aromatic carbocycles. The van der Waals surface area contributed by atoms with Crippen molar-refractivity contribution in [2.75, 3.05) is 61.2 Å². The number of hydrogen-bond acceptors (Lipinski definition) is 25. The van der Waals surface area contributed by atoms with Crippen molar-refractivity contribution in [1.29, 1.82) is 0 Å². The summed E-state index contributed by atoms with van der Waals surface area (Å²) < 4.78 is 106. The van der Waals surface area contributed by atoms with Gasteiger partial charge >= 0.3 is 34.3 Å². The van der Waals surface area contributed by atoms with Crippen molar-refractivity contribution in [3.8, 4) is 40.2 Å². The Morgan fingerprint density at radius 2 is 1.10 bits per heavy atom. The van der Waals surface area contributed by atoms with Crippen molar-refractivity contribution < 1.29 is 107 Å². The summed E-state index contributed by atoms with van der Waals surface area (Å²) in [7, 11) is 1.86. The fraction of sp³-hybridized carbons (Fsp3) is 0.400. The number of ether oxygens (including phenoxy) is 11. The fourth-order valence-corrected chi connectivity index (χ4v) is 15.3. The summed E-state index contributed by atoms with van der Waals surface area (Å²) in [6, 6.07) is 38.1. The van der Waals surface area contributed by atoms with E-state index in [0.717, 1.165) is 84.3 Å². The SMILES string of the molecule is COc1cc2c(cc1OCc1cc(COc3cc4c(cc3OC)C(=O)N3Cc5ccccc5CC3C=N4)cc(C[N+](C)(C)Cc3ccc(OS(=O)(=O)Oc4cc(C(=O)NCC(C)(C)COCC(C)(C)CN=[N+]=[N-])ccc4O[C@@H]4O[C@H](COC(C)=O)[C@H](OC(C)=O)[C@H](OC(C)=O)[C@H]4OC(C)=O)cc3)c1)N=CC1Cc3ccccc3CN1C2=O. The lowest BCUT2D eigenvalue weighted by Crippen LogP contribution is -2.63. The van der Waals surface area contributed by atoms with Crippen molar-refractivity contribution in [3.63, 3.8) is 0 Å². The first kappa shape index (κ1) is 84.3. The fourth-order valence-electron chi connectivity index (χ4n) is 14.6. The maximum Gasteiger partial charge on any atom is 0.501 e. The lowest BCUT2D eigenvalue weighted by molar-refractivity contribution is -0.916. The molecule has 7 atom stereocenters. The van der Waals surface area contributed by atoms with Crippen LogP contribution in [0.15, 0.2) is 149 Å². The molecule has 32 heteroatoms. The lowest BCUT2D eigenvalue weighted by atomic mass is 9.93. The minimum Gasteiger partial charge on any atom is -0.493 e. The third-order valence-corrected chi connectivity index (χ3v) is 20.8. The van der Waals surface area contributed by atoms with E-state index >= 15 is 0 Å². The van der Waals surface area contributed by atoms with Crippen LogP contribution in [0.4, 0.5) is 11.4 Å². The molecule has 117 heavy (non-hydrogen) atoms. The van der Waals surface area contributed by atoms with Crippen LogP contribution in [0, 0.1) is 10.8 Å². The average molecular weight is 1630 g/mol. The van der Waals surface area contributed by atoms with Gasteiger partial charge in [0, 0.05) is 105 Å². The van der Waals surface area contributed by atoms with Crippen LogP contribution in [0.2, 0.25) is 0 Å². The van der Waals surface area contributed by atoms with Crippen LogP contribution in [-0.2, 0) is 110 Å². The number of methoxy groups -OCH3 is 2. The zero-order valence-corrected chi connectivity index (χ0v) is 67.9. The van der Waals surface area contributed by atoms with Crippen LogP contribution in [-0.4, -0.2) is 181 Å². The Morgan fingerprint density at radius 3 is 1.63 bits per heavy atom. The second-order valence-corrected chi connectivity index (χ2v) is 32.6. The molecular formula is C85H94N9O22S+. The predicted molar refractivity (Wildman–Crippen MR) is 425 cm³/mol. The van der Waals surface area contributed by atoms with E-state index < -0.39 is 99.8 Å². The van der Waals surface area contributed by atoms with Crippen molar-refractivity contribution in [2.24, 2.45) is 25.9 Å². The number of hydrogen-bond donors (Lipinski definition) is 1. The van der Waals surface area contributed by atoms with Crippen LogP contribution in [0.5, 0.6) is 40.2 Å². The third-order valence-electron chi connectivity index (χ3n) is 20.0. The number of benzene rings is 7. The first-order chi connectivity index (χ1) is 55.7. The summed E-state index contributed by atoms with van der Waals surface area (Å²) in [5.74, 6) is -4.51. The molecule has 7 aromatic rings. The van der Waals surface area contributed by atoms with Gasteiger partial charge in [0.25, 0.3) is 17.7 Å². The molecule has 31 nitrogen and oxygen atoms in total. The second kappa shape index (κ2) is 36.0. The highest BCUT2D eigenvalue weighted by atomic mass is 32.3. The molecule has 0 aliphatic carbocycles. The highest BCUT2D eigenvalue weighted by molar-refractivity contribution is 7.82. The average Bonchev–Trinajstić information content (AvgIpc) is 1.48. The summed E-state index contributed by atoms with van der Waals surface area (Å²) in [4.78, 5) is 109. The molecule has 0 spiro atoms. The number of quaternary nitrogens is 1. The Kier molecular flexibility index (Phi) is 25.9. The van der Waals surface area contributed by atoms with Gasteiger partial charge in [-0.25, -0.2) is 0 Å². The lowest BCUT2D eigenvalue weighted by Gasteiger charge is -2.43. The number of nitrogens with zero attached hydrogens (tertiary/aromatic N) is 8. The Hall–Kier alpha value is -12.1. The largest absolute Gasteiger partial charge is 0.501 e.